The maximum atomic E-state index is 12.6. The number of thiocarbonyl (C=S) groups is 1. The molecule has 0 bridgehead atoms. The smallest absolute Gasteiger partial charge is 0.266 e. The average Bonchev–Trinajstić information content (AvgIpc) is 2.94. The number of benzene rings is 2. The third kappa shape index (κ3) is 4.59. The zero-order valence-electron chi connectivity index (χ0n) is 14.2. The molecule has 0 aliphatic carbocycles. The summed E-state index contributed by atoms with van der Waals surface area (Å²) in [5.74, 6) is -0.189. The molecule has 0 aromatic heterocycles. The van der Waals surface area contributed by atoms with E-state index in [0.717, 1.165) is 11.1 Å². The van der Waals surface area contributed by atoms with Gasteiger partial charge in [-0.05, 0) is 66.2 Å². The van der Waals surface area contributed by atoms with Crippen LogP contribution in [0, 0.1) is 0 Å². The first-order chi connectivity index (χ1) is 12.6. The van der Waals surface area contributed by atoms with Crippen molar-refractivity contribution in [2.45, 2.75) is 9.79 Å². The number of carbonyl (C=O) groups is 1. The number of nitrogens with zero attached hydrogens (tertiary/aromatic N) is 2. The van der Waals surface area contributed by atoms with Crippen LogP contribution in [0.4, 0.5) is 0 Å². The fourth-order valence-corrected chi connectivity index (χ4v) is 4.21. The molecule has 0 saturated carbocycles. The van der Waals surface area contributed by atoms with E-state index in [2.05, 4.69) is 5.10 Å². The second-order valence-electron chi connectivity index (χ2n) is 5.28. The Hall–Kier alpha value is -1.54. The van der Waals surface area contributed by atoms with Crippen molar-refractivity contribution in [2.75, 3.05) is 12.5 Å². The van der Waals surface area contributed by atoms with Gasteiger partial charge in [-0.15, -0.1) is 23.5 Å². The minimum atomic E-state index is -0.189. The maximum absolute atomic E-state index is 12.6. The van der Waals surface area contributed by atoms with E-state index in [4.69, 9.17) is 12.2 Å². The van der Waals surface area contributed by atoms with Crippen molar-refractivity contribution in [1.29, 1.82) is 0 Å². The van der Waals surface area contributed by atoms with Gasteiger partial charge in [-0.25, -0.2) is 0 Å². The molecule has 1 amide bonds. The normalized spacial score (nSPS) is 16.2. The summed E-state index contributed by atoms with van der Waals surface area (Å²) in [5.41, 5.74) is 1.90. The Morgan fingerprint density at radius 1 is 0.962 bits per heavy atom. The van der Waals surface area contributed by atoms with Gasteiger partial charge in [-0.3, -0.25) is 4.79 Å². The Morgan fingerprint density at radius 3 is 2.04 bits per heavy atom. The Labute approximate surface area is 171 Å². The van der Waals surface area contributed by atoms with E-state index < -0.39 is 0 Å². The van der Waals surface area contributed by atoms with Crippen molar-refractivity contribution in [2.24, 2.45) is 5.10 Å². The summed E-state index contributed by atoms with van der Waals surface area (Å²) < 4.78 is 0.443. The number of hydrogen-bond acceptors (Lipinski definition) is 6. The van der Waals surface area contributed by atoms with Gasteiger partial charge in [-0.2, -0.15) is 10.1 Å². The van der Waals surface area contributed by atoms with Crippen LogP contribution in [0.3, 0.4) is 0 Å². The summed E-state index contributed by atoms with van der Waals surface area (Å²) in [4.78, 5) is 15.5. The van der Waals surface area contributed by atoms with Gasteiger partial charge in [-0.1, -0.05) is 36.0 Å². The molecule has 0 radical (unpaired) electrons. The summed E-state index contributed by atoms with van der Waals surface area (Å²) in [6.45, 7) is 0. The molecule has 3 rings (SSSR count). The highest BCUT2D eigenvalue weighted by atomic mass is 32.2. The van der Waals surface area contributed by atoms with Gasteiger partial charge in [0.05, 0.1) is 11.1 Å². The topological polar surface area (TPSA) is 32.7 Å². The summed E-state index contributed by atoms with van der Waals surface area (Å²) in [5, 5.41) is 5.56. The summed E-state index contributed by atoms with van der Waals surface area (Å²) in [7, 11) is 0. The molecule has 1 saturated heterocycles. The van der Waals surface area contributed by atoms with E-state index in [1.807, 2.05) is 67.1 Å². The highest BCUT2D eigenvalue weighted by Crippen LogP contribution is 2.33. The quantitative estimate of drug-likeness (QED) is 0.283. The van der Waals surface area contributed by atoms with Gasteiger partial charge in [0.15, 0.2) is 4.32 Å². The first-order valence-corrected chi connectivity index (χ1v) is 11.4. The number of hydrazone groups is 1. The van der Waals surface area contributed by atoms with E-state index in [1.165, 1.54) is 26.6 Å². The van der Waals surface area contributed by atoms with Crippen LogP contribution < -0.4 is 0 Å². The SMILES string of the molecule is CSc1ccc(/C=C2\SC(=S)N(/N=C/c3ccc(SC)cc3)C2=O)cc1. The third-order valence-electron chi connectivity index (χ3n) is 3.63. The molecule has 26 heavy (non-hydrogen) atoms. The van der Waals surface area contributed by atoms with Gasteiger partial charge in [0.2, 0.25) is 0 Å². The van der Waals surface area contributed by atoms with Crippen molar-refractivity contribution < 1.29 is 4.79 Å². The van der Waals surface area contributed by atoms with Crippen molar-refractivity contribution >= 4 is 70.0 Å². The van der Waals surface area contributed by atoms with E-state index in [1.54, 1.807) is 29.7 Å². The molecular formula is C19H16N2OS4. The van der Waals surface area contributed by atoms with Crippen molar-refractivity contribution in [1.82, 2.24) is 5.01 Å². The van der Waals surface area contributed by atoms with Gasteiger partial charge in [0.1, 0.15) is 0 Å². The van der Waals surface area contributed by atoms with Crippen LogP contribution in [0.5, 0.6) is 0 Å². The number of amides is 1. The predicted octanol–water partition coefficient (Wildman–Crippen LogP) is 5.37. The summed E-state index contributed by atoms with van der Waals surface area (Å²) in [6.07, 6.45) is 7.58. The predicted molar refractivity (Wildman–Crippen MR) is 119 cm³/mol. The molecule has 0 N–H and O–H groups in total. The van der Waals surface area contributed by atoms with Gasteiger partial charge in [0.25, 0.3) is 5.91 Å². The van der Waals surface area contributed by atoms with Crippen LogP contribution in [-0.4, -0.2) is 34.0 Å². The molecule has 7 heteroatoms. The highest BCUT2D eigenvalue weighted by Gasteiger charge is 2.31. The Bertz CT molecular complexity index is 873. The number of carbonyl (C=O) groups excluding carboxylic acids is 1. The molecule has 1 aliphatic rings. The van der Waals surface area contributed by atoms with E-state index in [-0.39, 0.29) is 5.91 Å². The molecule has 0 atom stereocenters. The molecule has 0 spiro atoms. The molecule has 3 nitrogen and oxygen atoms in total. The van der Waals surface area contributed by atoms with Crippen molar-refractivity contribution in [3.8, 4) is 0 Å². The molecule has 1 aliphatic heterocycles. The van der Waals surface area contributed by atoms with Crippen molar-refractivity contribution in [3.05, 3.63) is 64.6 Å². The van der Waals surface area contributed by atoms with Gasteiger partial charge < -0.3 is 0 Å². The molecule has 1 heterocycles. The monoisotopic (exact) mass is 416 g/mol. The fourth-order valence-electron chi connectivity index (χ4n) is 2.22. The zero-order valence-corrected chi connectivity index (χ0v) is 17.5. The third-order valence-corrected chi connectivity index (χ3v) is 6.40. The van der Waals surface area contributed by atoms with Crippen LogP contribution in [0.2, 0.25) is 0 Å². The minimum Gasteiger partial charge on any atom is -0.266 e. The fraction of sp³-hybridized carbons (Fsp3) is 0.105. The van der Waals surface area contributed by atoms with Crippen molar-refractivity contribution in [3.63, 3.8) is 0 Å². The molecular weight excluding hydrogens is 400 g/mol. The van der Waals surface area contributed by atoms with Crippen LogP contribution in [0.1, 0.15) is 11.1 Å². The van der Waals surface area contributed by atoms with E-state index >= 15 is 0 Å². The molecule has 0 unspecified atom stereocenters. The van der Waals surface area contributed by atoms with Crippen LogP contribution in [0.25, 0.3) is 6.08 Å². The zero-order chi connectivity index (χ0) is 18.5. The molecule has 1 fully saturated rings. The van der Waals surface area contributed by atoms with Crippen LogP contribution in [-0.2, 0) is 4.79 Å². The Kier molecular flexibility index (Phi) is 6.58. The first-order valence-electron chi connectivity index (χ1n) is 7.71. The summed E-state index contributed by atoms with van der Waals surface area (Å²) >= 11 is 9.96. The largest absolute Gasteiger partial charge is 0.286 e. The molecule has 2 aromatic rings. The number of rotatable bonds is 5. The second-order valence-corrected chi connectivity index (χ2v) is 8.72. The van der Waals surface area contributed by atoms with Gasteiger partial charge in [0, 0.05) is 9.79 Å². The number of hydrogen-bond donors (Lipinski definition) is 0. The lowest BCUT2D eigenvalue weighted by Gasteiger charge is -2.06. The lowest BCUT2D eigenvalue weighted by Crippen LogP contribution is -2.22. The summed E-state index contributed by atoms with van der Waals surface area (Å²) in [6, 6.07) is 16.0. The maximum Gasteiger partial charge on any atom is 0.286 e. The van der Waals surface area contributed by atoms with E-state index in [9.17, 15) is 4.79 Å². The van der Waals surface area contributed by atoms with Gasteiger partial charge >= 0.3 is 0 Å². The first kappa shape index (κ1) is 19.2. The number of thioether (sulfide) groups is 3. The Morgan fingerprint density at radius 2 is 1.50 bits per heavy atom. The second kappa shape index (κ2) is 8.90. The standard InChI is InChI=1S/C19H16N2OS4/c1-24-15-7-3-13(4-8-15)11-17-18(22)21(19(23)26-17)20-12-14-5-9-16(25-2)10-6-14/h3-12H,1-2H3/b17-11-,20-12+. The highest BCUT2D eigenvalue weighted by molar-refractivity contribution is 8.26. The van der Waals surface area contributed by atoms with E-state index in [0.29, 0.717) is 9.23 Å². The minimum absolute atomic E-state index is 0.189. The average molecular weight is 417 g/mol. The van der Waals surface area contributed by atoms with Crippen LogP contribution >= 0.6 is 47.5 Å². The molecule has 132 valence electrons. The Balaban J connectivity index is 1.75. The molecule has 2 aromatic carbocycles. The van der Waals surface area contributed by atoms with Crippen LogP contribution in [0.15, 0.2) is 68.3 Å². The lowest BCUT2D eigenvalue weighted by molar-refractivity contribution is -0.122. The lowest BCUT2D eigenvalue weighted by atomic mass is 10.2.